The highest BCUT2D eigenvalue weighted by Crippen LogP contribution is 2.26. The van der Waals surface area contributed by atoms with Gasteiger partial charge in [-0.1, -0.05) is 0 Å². The number of amides is 1. The van der Waals surface area contributed by atoms with Crippen LogP contribution in [0.1, 0.15) is 19.4 Å². The van der Waals surface area contributed by atoms with Gasteiger partial charge in [0.25, 0.3) is 0 Å². The van der Waals surface area contributed by atoms with Gasteiger partial charge in [0.15, 0.2) is 0 Å². The van der Waals surface area contributed by atoms with Crippen molar-refractivity contribution >= 4 is 23.3 Å². The highest BCUT2D eigenvalue weighted by Gasteiger charge is 2.26. The molecule has 1 aromatic rings. The molecule has 1 aromatic carbocycles. The summed E-state index contributed by atoms with van der Waals surface area (Å²) < 4.78 is 0. The molecule has 6 heteroatoms. The van der Waals surface area contributed by atoms with Crippen molar-refractivity contribution in [3.63, 3.8) is 0 Å². The van der Waals surface area contributed by atoms with Gasteiger partial charge in [0.1, 0.15) is 12.1 Å². The summed E-state index contributed by atoms with van der Waals surface area (Å²) in [5.74, 6) is -1.55. The largest absolute Gasteiger partial charge is 0.480 e. The Labute approximate surface area is 117 Å². The molecular formula is C14H17N3O3. The van der Waals surface area contributed by atoms with E-state index >= 15 is 0 Å². The molecule has 0 spiro atoms. The van der Waals surface area contributed by atoms with Crippen LogP contribution in [0.4, 0.5) is 11.4 Å². The molecule has 0 radical (unpaired) electrons. The van der Waals surface area contributed by atoms with Gasteiger partial charge in [0, 0.05) is 26.7 Å². The number of nitrogens with zero attached hydrogens (tertiary/aromatic N) is 3. The molecule has 1 unspecified atom stereocenters. The lowest BCUT2D eigenvalue weighted by Gasteiger charge is -2.27. The Morgan fingerprint density at radius 3 is 2.35 bits per heavy atom. The van der Waals surface area contributed by atoms with Crippen LogP contribution in [0.25, 0.3) is 0 Å². The highest BCUT2D eigenvalue weighted by molar-refractivity contribution is 5.99. The Bertz CT molecular complexity index is 576. The second-order valence-electron chi connectivity index (χ2n) is 4.61. The van der Waals surface area contributed by atoms with E-state index < -0.39 is 17.9 Å². The second kappa shape index (κ2) is 6.06. The minimum absolute atomic E-state index is 0.263. The van der Waals surface area contributed by atoms with Crippen molar-refractivity contribution in [3.05, 3.63) is 23.8 Å². The summed E-state index contributed by atoms with van der Waals surface area (Å²) in [7, 11) is 3.66. The molecule has 0 aliphatic rings. The third-order valence-electron chi connectivity index (χ3n) is 2.96. The van der Waals surface area contributed by atoms with Crippen LogP contribution in [0.15, 0.2) is 18.2 Å². The summed E-state index contributed by atoms with van der Waals surface area (Å²) in [6, 6.07) is 5.92. The minimum Gasteiger partial charge on any atom is -0.480 e. The Kier molecular flexibility index (Phi) is 4.70. The Balaban J connectivity index is 3.39. The van der Waals surface area contributed by atoms with E-state index in [1.807, 2.05) is 25.1 Å². The topological polar surface area (TPSA) is 84.6 Å². The Hall–Kier alpha value is -2.55. The molecule has 0 fully saturated rings. The number of rotatable bonds is 4. The number of carboxylic acids is 1. The molecule has 0 aromatic heterocycles. The van der Waals surface area contributed by atoms with Crippen molar-refractivity contribution in [2.75, 3.05) is 23.9 Å². The lowest BCUT2D eigenvalue weighted by atomic mass is 10.1. The first-order chi connectivity index (χ1) is 9.29. The monoisotopic (exact) mass is 275 g/mol. The molecule has 0 heterocycles. The second-order valence-corrected chi connectivity index (χ2v) is 4.61. The van der Waals surface area contributed by atoms with Gasteiger partial charge < -0.3 is 10.0 Å². The molecule has 0 saturated carbocycles. The zero-order valence-electron chi connectivity index (χ0n) is 11.9. The summed E-state index contributed by atoms with van der Waals surface area (Å²) >= 11 is 0. The fraction of sp³-hybridized carbons (Fsp3) is 0.357. The Morgan fingerprint density at radius 2 is 1.95 bits per heavy atom. The maximum Gasteiger partial charge on any atom is 0.326 e. The SMILES string of the molecule is CC(=O)N(c1ccc(N(C)C)cc1C#N)C(C)C(=O)O. The molecule has 1 amide bonds. The van der Waals surface area contributed by atoms with Crippen LogP contribution in [0.5, 0.6) is 0 Å². The van der Waals surface area contributed by atoms with E-state index in [1.165, 1.54) is 13.8 Å². The smallest absolute Gasteiger partial charge is 0.326 e. The van der Waals surface area contributed by atoms with Crippen LogP contribution in [0, 0.1) is 11.3 Å². The predicted octanol–water partition coefficient (Wildman–Crippen LogP) is 1.45. The molecule has 1 rings (SSSR count). The van der Waals surface area contributed by atoms with Gasteiger partial charge in [-0.3, -0.25) is 9.69 Å². The third kappa shape index (κ3) is 3.06. The van der Waals surface area contributed by atoms with Crippen molar-refractivity contribution < 1.29 is 14.7 Å². The van der Waals surface area contributed by atoms with Crippen LogP contribution < -0.4 is 9.80 Å². The summed E-state index contributed by atoms with van der Waals surface area (Å²) in [6.45, 7) is 2.69. The number of anilines is 2. The van der Waals surface area contributed by atoms with Crippen molar-refractivity contribution in [1.29, 1.82) is 5.26 Å². The summed E-state index contributed by atoms with van der Waals surface area (Å²) in [6.07, 6.45) is 0. The van der Waals surface area contributed by atoms with Gasteiger partial charge in [-0.25, -0.2) is 4.79 Å². The van der Waals surface area contributed by atoms with E-state index in [0.717, 1.165) is 10.6 Å². The molecule has 0 bridgehead atoms. The molecule has 1 atom stereocenters. The maximum atomic E-state index is 11.7. The van der Waals surface area contributed by atoms with Crippen molar-refractivity contribution in [1.82, 2.24) is 0 Å². The number of aliphatic carboxylic acids is 1. The van der Waals surface area contributed by atoms with Crippen LogP contribution in [-0.2, 0) is 9.59 Å². The van der Waals surface area contributed by atoms with Crippen LogP contribution in [0.3, 0.4) is 0 Å². The number of hydrogen-bond donors (Lipinski definition) is 1. The quantitative estimate of drug-likeness (QED) is 0.899. The van der Waals surface area contributed by atoms with Gasteiger partial charge >= 0.3 is 5.97 Å². The number of nitriles is 1. The lowest BCUT2D eigenvalue weighted by Crippen LogP contribution is -2.42. The average Bonchev–Trinajstić information content (AvgIpc) is 2.38. The fourth-order valence-electron chi connectivity index (χ4n) is 1.86. The lowest BCUT2D eigenvalue weighted by molar-refractivity contribution is -0.139. The number of carbonyl (C=O) groups excluding carboxylic acids is 1. The fourth-order valence-corrected chi connectivity index (χ4v) is 1.86. The normalized spacial score (nSPS) is 11.3. The molecule has 6 nitrogen and oxygen atoms in total. The van der Waals surface area contributed by atoms with Gasteiger partial charge in [-0.2, -0.15) is 5.26 Å². The number of benzene rings is 1. The first-order valence-electron chi connectivity index (χ1n) is 6.03. The van der Waals surface area contributed by atoms with E-state index in [0.29, 0.717) is 5.69 Å². The highest BCUT2D eigenvalue weighted by atomic mass is 16.4. The minimum atomic E-state index is -1.12. The molecule has 1 N–H and O–H groups in total. The van der Waals surface area contributed by atoms with Crippen LogP contribution in [0.2, 0.25) is 0 Å². The van der Waals surface area contributed by atoms with E-state index in [4.69, 9.17) is 5.11 Å². The van der Waals surface area contributed by atoms with E-state index in [9.17, 15) is 14.9 Å². The molecular weight excluding hydrogens is 258 g/mol. The molecule has 0 aliphatic heterocycles. The number of carbonyl (C=O) groups is 2. The van der Waals surface area contributed by atoms with Gasteiger partial charge in [0.05, 0.1) is 11.3 Å². The van der Waals surface area contributed by atoms with Gasteiger partial charge in [-0.15, -0.1) is 0 Å². The number of hydrogen-bond acceptors (Lipinski definition) is 4. The van der Waals surface area contributed by atoms with E-state index in [-0.39, 0.29) is 5.56 Å². The Morgan fingerprint density at radius 1 is 1.35 bits per heavy atom. The molecule has 20 heavy (non-hydrogen) atoms. The van der Waals surface area contributed by atoms with Crippen molar-refractivity contribution in [3.8, 4) is 6.07 Å². The average molecular weight is 275 g/mol. The van der Waals surface area contributed by atoms with Gasteiger partial charge in [0.2, 0.25) is 5.91 Å². The summed E-state index contributed by atoms with van der Waals surface area (Å²) in [5.41, 5.74) is 1.37. The molecule has 0 aliphatic carbocycles. The predicted molar refractivity (Wildman–Crippen MR) is 75.7 cm³/mol. The standard InChI is InChI=1S/C14H17N3O3/c1-9(14(19)20)17(10(2)18)13-6-5-12(16(3)4)7-11(13)8-15/h5-7,9H,1-4H3,(H,19,20). The van der Waals surface area contributed by atoms with Crippen molar-refractivity contribution in [2.45, 2.75) is 19.9 Å². The molecule has 0 saturated heterocycles. The van der Waals surface area contributed by atoms with Crippen LogP contribution in [-0.4, -0.2) is 37.1 Å². The summed E-state index contributed by atoms with van der Waals surface area (Å²) in [4.78, 5) is 25.8. The van der Waals surface area contributed by atoms with E-state index in [1.54, 1.807) is 18.2 Å². The first-order valence-corrected chi connectivity index (χ1v) is 6.03. The molecule has 106 valence electrons. The van der Waals surface area contributed by atoms with Crippen LogP contribution >= 0.6 is 0 Å². The maximum absolute atomic E-state index is 11.7. The zero-order valence-corrected chi connectivity index (χ0v) is 11.9. The zero-order chi connectivity index (χ0) is 15.4. The van der Waals surface area contributed by atoms with Crippen molar-refractivity contribution in [2.24, 2.45) is 0 Å². The summed E-state index contributed by atoms with van der Waals surface area (Å²) in [5, 5.41) is 18.3. The third-order valence-corrected chi connectivity index (χ3v) is 2.96. The van der Waals surface area contributed by atoms with E-state index in [2.05, 4.69) is 0 Å². The number of carboxylic acid groups (broad SMARTS) is 1. The first kappa shape index (κ1) is 15.5. The van der Waals surface area contributed by atoms with Gasteiger partial charge in [-0.05, 0) is 25.1 Å².